The first kappa shape index (κ1) is 9.73. The van der Waals surface area contributed by atoms with Crippen LogP contribution in [0, 0.1) is 0 Å². The highest BCUT2D eigenvalue weighted by Gasteiger charge is 2.09. The van der Waals surface area contributed by atoms with E-state index >= 15 is 0 Å². The van der Waals surface area contributed by atoms with E-state index in [-0.39, 0.29) is 5.91 Å². The van der Waals surface area contributed by atoms with Crippen molar-refractivity contribution in [1.29, 1.82) is 0 Å². The molecule has 0 saturated heterocycles. The number of oxazole rings is 1. The van der Waals surface area contributed by atoms with Crippen LogP contribution in [-0.2, 0) is 6.42 Å². The van der Waals surface area contributed by atoms with Crippen LogP contribution in [0.3, 0.4) is 0 Å². The molecule has 0 spiro atoms. The molecule has 5 heteroatoms. The fourth-order valence-corrected chi connectivity index (χ4v) is 0.905. The van der Waals surface area contributed by atoms with E-state index in [2.05, 4.69) is 10.3 Å². The molecule has 13 heavy (non-hydrogen) atoms. The Kier molecular flexibility index (Phi) is 3.45. The highest BCUT2D eigenvalue weighted by atomic mass is 16.3. The van der Waals surface area contributed by atoms with E-state index < -0.39 is 0 Å². The molecule has 0 aliphatic rings. The fourth-order valence-electron chi connectivity index (χ4n) is 0.905. The number of rotatable bonds is 4. The van der Waals surface area contributed by atoms with Gasteiger partial charge in [-0.3, -0.25) is 4.79 Å². The molecule has 0 saturated carbocycles. The van der Waals surface area contributed by atoms with Crippen LogP contribution in [0.4, 0.5) is 0 Å². The van der Waals surface area contributed by atoms with Crippen LogP contribution >= 0.6 is 0 Å². The standard InChI is InChI=1S/C8H13N3O2/c1-2-10-8(12)6-5-13-7(11-6)3-4-9/h5H,2-4,9H2,1H3,(H,10,12). The van der Waals surface area contributed by atoms with Gasteiger partial charge < -0.3 is 15.5 Å². The number of nitrogens with two attached hydrogens (primary N) is 1. The quantitative estimate of drug-likeness (QED) is 0.684. The van der Waals surface area contributed by atoms with Crippen LogP contribution in [0.5, 0.6) is 0 Å². The zero-order valence-corrected chi connectivity index (χ0v) is 7.54. The third-order valence-electron chi connectivity index (χ3n) is 1.48. The number of amides is 1. The number of hydrogen-bond donors (Lipinski definition) is 2. The van der Waals surface area contributed by atoms with Gasteiger partial charge in [-0.05, 0) is 6.92 Å². The molecule has 1 heterocycles. The predicted molar refractivity (Wildman–Crippen MR) is 47.3 cm³/mol. The van der Waals surface area contributed by atoms with Gasteiger partial charge in [0.15, 0.2) is 11.6 Å². The van der Waals surface area contributed by atoms with Gasteiger partial charge >= 0.3 is 0 Å². The second-order valence-corrected chi connectivity index (χ2v) is 2.52. The van der Waals surface area contributed by atoms with Crippen LogP contribution in [0.2, 0.25) is 0 Å². The number of hydrogen-bond acceptors (Lipinski definition) is 4. The smallest absolute Gasteiger partial charge is 0.273 e. The number of carbonyl (C=O) groups is 1. The maximum absolute atomic E-state index is 11.2. The van der Waals surface area contributed by atoms with E-state index in [1.54, 1.807) is 0 Å². The lowest BCUT2D eigenvalue weighted by Crippen LogP contribution is -2.23. The van der Waals surface area contributed by atoms with Crippen molar-refractivity contribution in [2.45, 2.75) is 13.3 Å². The lowest BCUT2D eigenvalue weighted by atomic mass is 10.4. The molecule has 0 radical (unpaired) electrons. The monoisotopic (exact) mass is 183 g/mol. The molecule has 0 aliphatic carbocycles. The molecule has 0 atom stereocenters. The van der Waals surface area contributed by atoms with Crippen molar-refractivity contribution >= 4 is 5.91 Å². The molecule has 3 N–H and O–H groups in total. The van der Waals surface area contributed by atoms with Crippen molar-refractivity contribution in [3.8, 4) is 0 Å². The second kappa shape index (κ2) is 4.61. The van der Waals surface area contributed by atoms with E-state index in [4.69, 9.17) is 10.2 Å². The third-order valence-corrected chi connectivity index (χ3v) is 1.48. The summed E-state index contributed by atoms with van der Waals surface area (Å²) in [5.41, 5.74) is 5.61. The Balaban J connectivity index is 2.62. The van der Waals surface area contributed by atoms with Crippen molar-refractivity contribution in [3.63, 3.8) is 0 Å². The van der Waals surface area contributed by atoms with Gasteiger partial charge in [-0.15, -0.1) is 0 Å². The lowest BCUT2D eigenvalue weighted by Gasteiger charge is -1.94. The molecule has 1 aromatic heterocycles. The Morgan fingerprint density at radius 2 is 2.54 bits per heavy atom. The molecule has 5 nitrogen and oxygen atoms in total. The first-order valence-electron chi connectivity index (χ1n) is 4.20. The molecule has 1 aromatic rings. The first-order chi connectivity index (χ1) is 6.27. The minimum atomic E-state index is -0.213. The summed E-state index contributed by atoms with van der Waals surface area (Å²) in [4.78, 5) is 15.2. The van der Waals surface area contributed by atoms with Crippen molar-refractivity contribution in [2.75, 3.05) is 13.1 Å². The maximum Gasteiger partial charge on any atom is 0.273 e. The first-order valence-corrected chi connectivity index (χ1v) is 4.20. The number of carbonyl (C=O) groups excluding carboxylic acids is 1. The average molecular weight is 183 g/mol. The average Bonchev–Trinajstić information content (AvgIpc) is 2.54. The molecular weight excluding hydrogens is 170 g/mol. The van der Waals surface area contributed by atoms with Crippen LogP contribution < -0.4 is 11.1 Å². The van der Waals surface area contributed by atoms with E-state index in [1.165, 1.54) is 6.26 Å². The molecule has 0 aromatic carbocycles. The minimum Gasteiger partial charge on any atom is -0.448 e. The number of nitrogens with one attached hydrogen (secondary N) is 1. The van der Waals surface area contributed by atoms with Crippen LogP contribution in [0.25, 0.3) is 0 Å². The van der Waals surface area contributed by atoms with Gasteiger partial charge in [0.25, 0.3) is 5.91 Å². The molecule has 1 rings (SSSR count). The van der Waals surface area contributed by atoms with E-state index in [9.17, 15) is 4.79 Å². The Labute approximate surface area is 76.3 Å². The van der Waals surface area contributed by atoms with Gasteiger partial charge in [-0.2, -0.15) is 0 Å². The van der Waals surface area contributed by atoms with Gasteiger partial charge in [-0.25, -0.2) is 4.98 Å². The molecule has 0 aliphatic heterocycles. The van der Waals surface area contributed by atoms with Crippen LogP contribution in [0.15, 0.2) is 10.7 Å². The van der Waals surface area contributed by atoms with Crippen LogP contribution in [-0.4, -0.2) is 24.0 Å². The maximum atomic E-state index is 11.2. The van der Waals surface area contributed by atoms with Gasteiger partial charge in [0.1, 0.15) is 6.26 Å². The molecule has 1 amide bonds. The molecule has 0 fully saturated rings. The lowest BCUT2D eigenvalue weighted by molar-refractivity contribution is 0.0951. The van der Waals surface area contributed by atoms with Gasteiger partial charge in [0.05, 0.1) is 0 Å². The molecular formula is C8H13N3O2. The Morgan fingerprint density at radius 3 is 3.15 bits per heavy atom. The number of aromatic nitrogens is 1. The molecule has 0 bridgehead atoms. The zero-order valence-electron chi connectivity index (χ0n) is 7.54. The summed E-state index contributed by atoms with van der Waals surface area (Å²) in [6.45, 7) is 2.89. The summed E-state index contributed by atoms with van der Waals surface area (Å²) < 4.78 is 5.02. The van der Waals surface area contributed by atoms with Crippen molar-refractivity contribution < 1.29 is 9.21 Å². The molecule has 72 valence electrons. The van der Waals surface area contributed by atoms with Crippen molar-refractivity contribution in [3.05, 3.63) is 17.8 Å². The second-order valence-electron chi connectivity index (χ2n) is 2.52. The SMILES string of the molecule is CCNC(=O)c1coc(CCN)n1. The van der Waals surface area contributed by atoms with E-state index in [1.807, 2.05) is 6.92 Å². The normalized spacial score (nSPS) is 10.0. The van der Waals surface area contributed by atoms with E-state index in [0.717, 1.165) is 0 Å². The van der Waals surface area contributed by atoms with Gasteiger partial charge in [0.2, 0.25) is 0 Å². The predicted octanol–water partition coefficient (Wildman–Crippen LogP) is -0.0745. The molecule has 0 unspecified atom stereocenters. The summed E-state index contributed by atoms with van der Waals surface area (Å²) in [6.07, 6.45) is 1.90. The van der Waals surface area contributed by atoms with Crippen LogP contribution in [0.1, 0.15) is 23.3 Å². The number of nitrogens with zero attached hydrogens (tertiary/aromatic N) is 1. The largest absolute Gasteiger partial charge is 0.448 e. The van der Waals surface area contributed by atoms with Gasteiger partial charge in [-0.1, -0.05) is 0 Å². The highest BCUT2D eigenvalue weighted by molar-refractivity contribution is 5.91. The van der Waals surface area contributed by atoms with Crippen molar-refractivity contribution in [2.24, 2.45) is 5.73 Å². The summed E-state index contributed by atoms with van der Waals surface area (Å²) in [5.74, 6) is 0.290. The topological polar surface area (TPSA) is 81.2 Å². The highest BCUT2D eigenvalue weighted by Crippen LogP contribution is 2.01. The fraction of sp³-hybridized carbons (Fsp3) is 0.500. The Hall–Kier alpha value is -1.36. The zero-order chi connectivity index (χ0) is 9.68. The van der Waals surface area contributed by atoms with Gasteiger partial charge in [0, 0.05) is 19.5 Å². The Bertz CT molecular complexity index is 283. The summed E-state index contributed by atoms with van der Waals surface area (Å²) in [5, 5.41) is 2.62. The van der Waals surface area contributed by atoms with E-state index in [0.29, 0.717) is 31.1 Å². The summed E-state index contributed by atoms with van der Waals surface area (Å²) >= 11 is 0. The third kappa shape index (κ3) is 2.55. The summed E-state index contributed by atoms with van der Waals surface area (Å²) in [7, 11) is 0. The summed E-state index contributed by atoms with van der Waals surface area (Å²) in [6, 6.07) is 0. The Morgan fingerprint density at radius 1 is 1.77 bits per heavy atom. The minimum absolute atomic E-state index is 0.213. The van der Waals surface area contributed by atoms with Crippen molar-refractivity contribution in [1.82, 2.24) is 10.3 Å².